The van der Waals surface area contributed by atoms with Crippen molar-refractivity contribution < 1.29 is 4.39 Å². The molecule has 0 aliphatic heterocycles. The molecule has 30 heavy (non-hydrogen) atoms. The summed E-state index contributed by atoms with van der Waals surface area (Å²) in [6, 6.07) is 9.65. The molecule has 6 heteroatoms. The monoisotopic (exact) mass is 408 g/mol. The molecule has 158 valence electrons. The van der Waals surface area contributed by atoms with Crippen molar-refractivity contribution in [3.8, 4) is 11.4 Å². The van der Waals surface area contributed by atoms with E-state index in [1.807, 2.05) is 37.4 Å². The van der Waals surface area contributed by atoms with Gasteiger partial charge in [0.2, 0.25) is 0 Å². The van der Waals surface area contributed by atoms with Crippen LogP contribution >= 0.6 is 0 Å². The molecule has 1 aliphatic carbocycles. The van der Waals surface area contributed by atoms with E-state index in [9.17, 15) is 9.18 Å². The third-order valence-electron chi connectivity index (χ3n) is 5.32. The summed E-state index contributed by atoms with van der Waals surface area (Å²) in [5.74, 6) is -0.333. The van der Waals surface area contributed by atoms with Gasteiger partial charge < -0.3 is 0 Å². The average Bonchev–Trinajstić information content (AvgIpc) is 3.13. The number of imidazole rings is 1. The van der Waals surface area contributed by atoms with Crippen molar-refractivity contribution in [2.75, 3.05) is 0 Å². The SMILES string of the molecule is C/C=C(\C)c1nc2ccccn2c1-c1ccc(=O)n(C2CCCCC2)n1.C=C(C)F. The number of aromatic nitrogens is 4. The van der Waals surface area contributed by atoms with E-state index in [1.165, 1.54) is 26.2 Å². The number of hydrogen-bond acceptors (Lipinski definition) is 3. The normalized spacial score (nSPS) is 15.0. The minimum Gasteiger partial charge on any atom is -0.298 e. The van der Waals surface area contributed by atoms with Crippen LogP contribution in [-0.2, 0) is 0 Å². The molecule has 0 atom stereocenters. The van der Waals surface area contributed by atoms with Gasteiger partial charge in [0.15, 0.2) is 0 Å². The quantitative estimate of drug-likeness (QED) is 0.536. The van der Waals surface area contributed by atoms with Gasteiger partial charge in [-0.15, -0.1) is 0 Å². The van der Waals surface area contributed by atoms with Gasteiger partial charge in [0.05, 0.1) is 17.6 Å². The molecule has 4 rings (SSSR count). The number of rotatable bonds is 3. The van der Waals surface area contributed by atoms with E-state index in [0.717, 1.165) is 41.1 Å². The minimum absolute atomic E-state index is 0.0150. The summed E-state index contributed by atoms with van der Waals surface area (Å²) in [4.78, 5) is 17.2. The van der Waals surface area contributed by atoms with Crippen molar-refractivity contribution in [3.63, 3.8) is 0 Å². The molecule has 3 aromatic heterocycles. The van der Waals surface area contributed by atoms with Crippen LogP contribution in [0.15, 0.2) is 59.8 Å². The summed E-state index contributed by atoms with van der Waals surface area (Å²) < 4.78 is 14.6. The van der Waals surface area contributed by atoms with E-state index in [1.54, 1.807) is 10.7 Å². The van der Waals surface area contributed by atoms with Crippen LogP contribution in [0.5, 0.6) is 0 Å². The number of pyridine rings is 1. The Morgan fingerprint density at radius 2 is 1.87 bits per heavy atom. The van der Waals surface area contributed by atoms with Crippen LogP contribution in [0.1, 0.15) is 64.6 Å². The maximum atomic E-state index is 12.4. The summed E-state index contributed by atoms with van der Waals surface area (Å²) in [5.41, 5.74) is 4.63. The van der Waals surface area contributed by atoms with Gasteiger partial charge in [-0.05, 0) is 57.4 Å². The van der Waals surface area contributed by atoms with Gasteiger partial charge in [-0.2, -0.15) is 5.10 Å². The predicted octanol–water partition coefficient (Wildman–Crippen LogP) is 5.98. The molecule has 0 N–H and O–H groups in total. The van der Waals surface area contributed by atoms with Crippen LogP contribution in [0, 0.1) is 0 Å². The number of fused-ring (bicyclic) bond motifs is 1. The number of hydrogen-bond donors (Lipinski definition) is 0. The third-order valence-corrected chi connectivity index (χ3v) is 5.32. The highest BCUT2D eigenvalue weighted by molar-refractivity contribution is 5.77. The average molecular weight is 409 g/mol. The maximum Gasteiger partial charge on any atom is 0.267 e. The Kier molecular flexibility index (Phi) is 6.98. The van der Waals surface area contributed by atoms with E-state index in [0.29, 0.717) is 0 Å². The largest absolute Gasteiger partial charge is 0.298 e. The molecule has 3 heterocycles. The van der Waals surface area contributed by atoms with E-state index in [2.05, 4.69) is 24.0 Å². The number of nitrogens with zero attached hydrogens (tertiary/aromatic N) is 4. The highest BCUT2D eigenvalue weighted by Crippen LogP contribution is 2.30. The topological polar surface area (TPSA) is 52.2 Å². The third kappa shape index (κ3) is 4.75. The highest BCUT2D eigenvalue weighted by atomic mass is 19.1. The lowest BCUT2D eigenvalue weighted by atomic mass is 9.96. The lowest BCUT2D eigenvalue weighted by Crippen LogP contribution is -2.28. The second kappa shape index (κ2) is 9.65. The summed E-state index contributed by atoms with van der Waals surface area (Å²) >= 11 is 0. The van der Waals surface area contributed by atoms with Crippen molar-refractivity contribution in [1.29, 1.82) is 0 Å². The molecular formula is C24H29FN4O. The van der Waals surface area contributed by atoms with Gasteiger partial charge in [0, 0.05) is 12.3 Å². The van der Waals surface area contributed by atoms with Crippen molar-refractivity contribution >= 4 is 11.2 Å². The first kappa shape index (κ1) is 21.7. The molecule has 3 aromatic rings. The molecule has 0 radical (unpaired) electrons. The smallest absolute Gasteiger partial charge is 0.267 e. The van der Waals surface area contributed by atoms with Crippen LogP contribution in [0.25, 0.3) is 22.6 Å². The van der Waals surface area contributed by atoms with Gasteiger partial charge in [-0.1, -0.05) is 38.0 Å². The van der Waals surface area contributed by atoms with Crippen LogP contribution in [-0.4, -0.2) is 19.2 Å². The standard InChI is InChI=1S/C21H24N4O.C3H5F/c1-3-15(2)20-21(24-14-8-7-11-18(24)22-20)17-12-13-19(26)25(23-17)16-9-5-4-6-10-16;1-3(2)4/h3,7-8,11-14,16H,4-6,9-10H2,1-2H3;1H2,2H3/b15-3+;. The molecule has 0 aromatic carbocycles. The first-order chi connectivity index (χ1) is 14.4. The van der Waals surface area contributed by atoms with E-state index in [4.69, 9.17) is 10.1 Å². The Balaban J connectivity index is 0.000000589. The van der Waals surface area contributed by atoms with Crippen molar-refractivity contribution in [3.05, 3.63) is 71.1 Å². The highest BCUT2D eigenvalue weighted by Gasteiger charge is 2.21. The lowest BCUT2D eigenvalue weighted by molar-refractivity contribution is 0.319. The van der Waals surface area contributed by atoms with Gasteiger partial charge in [0.1, 0.15) is 17.0 Å². The van der Waals surface area contributed by atoms with E-state index >= 15 is 0 Å². The van der Waals surface area contributed by atoms with E-state index in [-0.39, 0.29) is 17.4 Å². The molecule has 1 fully saturated rings. The maximum absolute atomic E-state index is 12.4. The molecular weight excluding hydrogens is 379 g/mol. The first-order valence-electron chi connectivity index (χ1n) is 10.4. The van der Waals surface area contributed by atoms with Crippen LogP contribution < -0.4 is 5.56 Å². The van der Waals surface area contributed by atoms with Gasteiger partial charge in [-0.3, -0.25) is 9.20 Å². The van der Waals surface area contributed by atoms with Crippen LogP contribution in [0.3, 0.4) is 0 Å². The summed E-state index contributed by atoms with van der Waals surface area (Å²) in [7, 11) is 0. The molecule has 0 spiro atoms. The fraction of sp³-hybridized carbons (Fsp3) is 0.375. The first-order valence-corrected chi connectivity index (χ1v) is 10.4. The van der Waals surface area contributed by atoms with Gasteiger partial charge in [-0.25, -0.2) is 14.1 Å². The zero-order chi connectivity index (χ0) is 21.7. The van der Waals surface area contributed by atoms with Crippen molar-refractivity contribution in [2.24, 2.45) is 0 Å². The summed E-state index contributed by atoms with van der Waals surface area (Å²) in [6.07, 6.45) is 9.71. The Hall–Kier alpha value is -3.02. The van der Waals surface area contributed by atoms with Crippen molar-refractivity contribution in [1.82, 2.24) is 19.2 Å². The second-order valence-electron chi connectivity index (χ2n) is 7.68. The number of halogens is 1. The predicted molar refractivity (Wildman–Crippen MR) is 120 cm³/mol. The second-order valence-corrected chi connectivity index (χ2v) is 7.68. The Morgan fingerprint density at radius 3 is 2.53 bits per heavy atom. The Labute approximate surface area is 176 Å². The molecule has 1 aliphatic rings. The molecule has 0 amide bonds. The minimum atomic E-state index is -0.333. The molecule has 0 bridgehead atoms. The van der Waals surface area contributed by atoms with Gasteiger partial charge >= 0.3 is 0 Å². The zero-order valence-electron chi connectivity index (χ0n) is 17.9. The summed E-state index contributed by atoms with van der Waals surface area (Å²) in [6.45, 7) is 8.27. The molecule has 0 saturated heterocycles. The molecule has 1 saturated carbocycles. The fourth-order valence-corrected chi connectivity index (χ4v) is 3.79. The Morgan fingerprint density at radius 1 is 1.17 bits per heavy atom. The van der Waals surface area contributed by atoms with Gasteiger partial charge in [0.25, 0.3) is 5.56 Å². The van der Waals surface area contributed by atoms with Crippen LogP contribution in [0.2, 0.25) is 0 Å². The van der Waals surface area contributed by atoms with Crippen molar-refractivity contribution in [2.45, 2.75) is 58.9 Å². The Bertz CT molecular complexity index is 1120. The van der Waals surface area contributed by atoms with Crippen LogP contribution in [0.4, 0.5) is 4.39 Å². The zero-order valence-corrected chi connectivity index (χ0v) is 17.9. The molecule has 0 unspecified atom stereocenters. The fourth-order valence-electron chi connectivity index (χ4n) is 3.79. The summed E-state index contributed by atoms with van der Waals surface area (Å²) in [5, 5.41) is 4.78. The lowest BCUT2D eigenvalue weighted by Gasteiger charge is -2.23. The molecule has 5 nitrogen and oxygen atoms in total. The number of allylic oxidation sites excluding steroid dienone is 3. The van der Waals surface area contributed by atoms with E-state index < -0.39 is 0 Å².